The zero-order valence-corrected chi connectivity index (χ0v) is 13.0. The zero-order chi connectivity index (χ0) is 16.4. The van der Waals surface area contributed by atoms with Crippen molar-refractivity contribution < 1.29 is 5.11 Å². The lowest BCUT2D eigenvalue weighted by molar-refractivity contribution is 0.477. The summed E-state index contributed by atoms with van der Waals surface area (Å²) in [4.78, 5) is 4.40. The Labute approximate surface area is 140 Å². The highest BCUT2D eigenvalue weighted by atomic mass is 16.3. The van der Waals surface area contributed by atoms with Crippen LogP contribution >= 0.6 is 0 Å². The molecule has 0 saturated heterocycles. The molecular weight excluding hydrogens is 296 g/mol. The molecule has 0 aliphatic heterocycles. The van der Waals surface area contributed by atoms with Crippen LogP contribution < -0.4 is 0 Å². The van der Waals surface area contributed by atoms with Crippen molar-refractivity contribution in [3.8, 4) is 11.4 Å². The predicted octanol–water partition coefficient (Wildman–Crippen LogP) is 5.09. The van der Waals surface area contributed by atoms with Crippen molar-refractivity contribution >= 4 is 22.7 Å². The van der Waals surface area contributed by atoms with E-state index in [0.29, 0.717) is 5.69 Å². The van der Waals surface area contributed by atoms with E-state index in [0.717, 1.165) is 11.4 Å². The number of aromatic hydroxyl groups is 1. The summed E-state index contributed by atoms with van der Waals surface area (Å²) in [5, 5.41) is 12.2. The number of rotatable bonds is 3. The van der Waals surface area contributed by atoms with Gasteiger partial charge in [-0.3, -0.25) is 4.99 Å². The highest BCUT2D eigenvalue weighted by Gasteiger charge is 2.03. The first-order valence-corrected chi connectivity index (χ1v) is 7.80. The average Bonchev–Trinajstić information content (AvgIpc) is 3.09. The number of benzene rings is 3. The lowest BCUT2D eigenvalue weighted by atomic mass is 10.1. The Hall–Kier alpha value is -3.33. The first kappa shape index (κ1) is 14.3. The molecule has 0 saturated carbocycles. The van der Waals surface area contributed by atoms with Gasteiger partial charge in [0.05, 0.1) is 11.9 Å². The fraction of sp³-hybridized carbons (Fsp3) is 0. The second-order valence-corrected chi connectivity index (χ2v) is 5.58. The Morgan fingerprint density at radius 1 is 0.792 bits per heavy atom. The number of phenolic OH excluding ortho intramolecular Hbond substituents is 1. The molecule has 1 aromatic heterocycles. The van der Waals surface area contributed by atoms with E-state index in [4.69, 9.17) is 0 Å². The fourth-order valence-electron chi connectivity index (χ4n) is 2.77. The fourth-order valence-corrected chi connectivity index (χ4v) is 2.77. The molecule has 3 aromatic carbocycles. The van der Waals surface area contributed by atoms with Crippen LogP contribution in [0.25, 0.3) is 16.5 Å². The molecule has 0 fully saturated rings. The van der Waals surface area contributed by atoms with Gasteiger partial charge in [0.25, 0.3) is 0 Å². The SMILES string of the molecule is Oc1ccccc1N=Cc1cccn1-c1ccc2ccccc2c1. The van der Waals surface area contributed by atoms with Crippen molar-refractivity contribution in [1.82, 2.24) is 4.57 Å². The summed E-state index contributed by atoms with van der Waals surface area (Å²) < 4.78 is 2.08. The van der Waals surface area contributed by atoms with Crippen LogP contribution in [0.3, 0.4) is 0 Å². The van der Waals surface area contributed by atoms with E-state index < -0.39 is 0 Å². The molecule has 4 aromatic rings. The maximum atomic E-state index is 9.82. The first-order valence-electron chi connectivity index (χ1n) is 7.80. The van der Waals surface area contributed by atoms with Gasteiger partial charge in [0.1, 0.15) is 11.4 Å². The maximum Gasteiger partial charge on any atom is 0.141 e. The third-order valence-corrected chi connectivity index (χ3v) is 4.01. The van der Waals surface area contributed by atoms with E-state index in [1.54, 1.807) is 24.4 Å². The summed E-state index contributed by atoms with van der Waals surface area (Å²) >= 11 is 0. The van der Waals surface area contributed by atoms with Crippen molar-refractivity contribution in [2.75, 3.05) is 0 Å². The van der Waals surface area contributed by atoms with Gasteiger partial charge in [-0.25, -0.2) is 0 Å². The largest absolute Gasteiger partial charge is 0.506 e. The minimum atomic E-state index is 0.178. The van der Waals surface area contributed by atoms with E-state index >= 15 is 0 Å². The third-order valence-electron chi connectivity index (χ3n) is 4.01. The van der Waals surface area contributed by atoms with Gasteiger partial charge in [-0.1, -0.05) is 42.5 Å². The van der Waals surface area contributed by atoms with Crippen LogP contribution in [-0.4, -0.2) is 15.9 Å². The van der Waals surface area contributed by atoms with E-state index in [1.807, 2.05) is 36.5 Å². The number of phenols is 1. The molecule has 0 bridgehead atoms. The second kappa shape index (κ2) is 6.05. The Morgan fingerprint density at radius 3 is 2.46 bits per heavy atom. The minimum absolute atomic E-state index is 0.178. The topological polar surface area (TPSA) is 37.5 Å². The molecule has 0 radical (unpaired) electrons. The van der Waals surface area contributed by atoms with Crippen molar-refractivity contribution in [3.63, 3.8) is 0 Å². The van der Waals surface area contributed by atoms with Crippen molar-refractivity contribution in [2.24, 2.45) is 4.99 Å². The predicted molar refractivity (Wildman–Crippen MR) is 98.6 cm³/mol. The molecule has 0 unspecified atom stereocenters. The molecule has 3 nitrogen and oxygen atoms in total. The monoisotopic (exact) mass is 312 g/mol. The zero-order valence-electron chi connectivity index (χ0n) is 13.0. The number of aromatic nitrogens is 1. The normalized spacial score (nSPS) is 11.3. The van der Waals surface area contributed by atoms with Gasteiger partial charge in [-0.2, -0.15) is 0 Å². The van der Waals surface area contributed by atoms with E-state index in [9.17, 15) is 5.11 Å². The number of nitrogens with zero attached hydrogens (tertiary/aromatic N) is 2. The molecule has 116 valence electrons. The van der Waals surface area contributed by atoms with Crippen molar-refractivity contribution in [1.29, 1.82) is 0 Å². The van der Waals surface area contributed by atoms with Gasteiger partial charge < -0.3 is 9.67 Å². The standard InChI is InChI=1S/C21H16N2O/c24-21-10-4-3-9-20(21)22-15-19-8-5-13-23(19)18-12-11-16-6-1-2-7-17(16)14-18/h1-15,24H. The Kier molecular flexibility index (Phi) is 3.60. The number of fused-ring (bicyclic) bond motifs is 1. The van der Waals surface area contributed by atoms with E-state index in [2.05, 4.69) is 39.9 Å². The second-order valence-electron chi connectivity index (χ2n) is 5.58. The van der Waals surface area contributed by atoms with E-state index in [1.165, 1.54) is 10.8 Å². The molecule has 0 aliphatic carbocycles. The summed E-state index contributed by atoms with van der Waals surface area (Å²) in [5.74, 6) is 0.178. The minimum Gasteiger partial charge on any atom is -0.506 e. The van der Waals surface area contributed by atoms with Crippen LogP contribution in [0.5, 0.6) is 5.75 Å². The van der Waals surface area contributed by atoms with Crippen molar-refractivity contribution in [2.45, 2.75) is 0 Å². The van der Waals surface area contributed by atoms with Crippen LogP contribution in [0.4, 0.5) is 5.69 Å². The van der Waals surface area contributed by atoms with Gasteiger partial charge >= 0.3 is 0 Å². The van der Waals surface area contributed by atoms with Crippen molar-refractivity contribution in [3.05, 3.63) is 90.8 Å². The molecule has 24 heavy (non-hydrogen) atoms. The number of hydrogen-bond acceptors (Lipinski definition) is 2. The van der Waals surface area contributed by atoms with Gasteiger partial charge in [-0.05, 0) is 47.2 Å². The Morgan fingerprint density at radius 2 is 1.58 bits per heavy atom. The third kappa shape index (κ3) is 2.68. The van der Waals surface area contributed by atoms with Crippen LogP contribution in [0.1, 0.15) is 5.69 Å². The highest BCUT2D eigenvalue weighted by Crippen LogP contribution is 2.25. The molecule has 0 aliphatic rings. The Balaban J connectivity index is 1.72. The summed E-state index contributed by atoms with van der Waals surface area (Å²) in [5.41, 5.74) is 2.59. The van der Waals surface area contributed by atoms with Gasteiger partial charge in [0.15, 0.2) is 0 Å². The molecule has 3 heteroatoms. The Bertz CT molecular complexity index is 1030. The lowest BCUT2D eigenvalue weighted by Crippen LogP contribution is -1.97. The number of para-hydroxylation sites is 2. The highest BCUT2D eigenvalue weighted by molar-refractivity contribution is 5.86. The lowest BCUT2D eigenvalue weighted by Gasteiger charge is -2.08. The van der Waals surface area contributed by atoms with Gasteiger partial charge in [-0.15, -0.1) is 0 Å². The quantitative estimate of drug-likeness (QED) is 0.526. The van der Waals surface area contributed by atoms with Crippen LogP contribution in [-0.2, 0) is 0 Å². The molecule has 0 spiro atoms. The molecule has 0 amide bonds. The molecule has 1 heterocycles. The average molecular weight is 312 g/mol. The maximum absolute atomic E-state index is 9.82. The number of aliphatic imine (C=N–C) groups is 1. The van der Waals surface area contributed by atoms with Gasteiger partial charge in [0.2, 0.25) is 0 Å². The summed E-state index contributed by atoms with van der Waals surface area (Å²) in [6.45, 7) is 0. The van der Waals surface area contributed by atoms with Crippen LogP contribution in [0.15, 0.2) is 90.1 Å². The summed E-state index contributed by atoms with van der Waals surface area (Å²) in [6, 6.07) is 25.7. The molecule has 4 rings (SSSR count). The van der Waals surface area contributed by atoms with Crippen LogP contribution in [0, 0.1) is 0 Å². The number of hydrogen-bond donors (Lipinski definition) is 1. The smallest absolute Gasteiger partial charge is 0.141 e. The first-order chi connectivity index (χ1) is 11.8. The molecule has 1 N–H and O–H groups in total. The molecular formula is C21H16N2O. The summed E-state index contributed by atoms with van der Waals surface area (Å²) in [7, 11) is 0. The molecule has 0 atom stereocenters. The summed E-state index contributed by atoms with van der Waals surface area (Å²) in [6.07, 6.45) is 3.78. The van der Waals surface area contributed by atoms with Gasteiger partial charge in [0, 0.05) is 11.9 Å². The van der Waals surface area contributed by atoms with Crippen LogP contribution in [0.2, 0.25) is 0 Å². The van der Waals surface area contributed by atoms with E-state index in [-0.39, 0.29) is 5.75 Å².